The van der Waals surface area contributed by atoms with Crippen molar-refractivity contribution in [1.82, 2.24) is 0 Å². The minimum atomic E-state index is 0.656. The van der Waals surface area contributed by atoms with Crippen LogP contribution in [-0.4, -0.2) is 6.54 Å². The Balaban J connectivity index is 1.39. The lowest BCUT2D eigenvalue weighted by molar-refractivity contribution is 1.00. The summed E-state index contributed by atoms with van der Waals surface area (Å²) in [5.41, 5.74) is 7.87. The van der Waals surface area contributed by atoms with E-state index in [4.69, 9.17) is 0 Å². The maximum atomic E-state index is 9.39. The zero-order valence-electron chi connectivity index (χ0n) is 21.9. The highest BCUT2D eigenvalue weighted by Gasteiger charge is 2.24. The third-order valence-electron chi connectivity index (χ3n) is 8.31. The first-order valence-electron chi connectivity index (χ1n) is 13.7. The number of fused-ring (bicyclic) bond motifs is 1. The first kappa shape index (κ1) is 22.6. The Hall–Kier alpha value is -5.33. The number of anilines is 5. The number of hydrogen-bond acceptors (Lipinski definition) is 3. The van der Waals surface area contributed by atoms with Crippen LogP contribution in [0.15, 0.2) is 127 Å². The predicted molar refractivity (Wildman–Crippen MR) is 167 cm³/mol. The monoisotopic (exact) mass is 511 g/mol. The van der Waals surface area contributed by atoms with E-state index in [1.165, 1.54) is 49.3 Å². The average molecular weight is 512 g/mol. The zero-order chi connectivity index (χ0) is 26.6. The van der Waals surface area contributed by atoms with E-state index < -0.39 is 0 Å². The Morgan fingerprint density at radius 1 is 0.575 bits per heavy atom. The summed E-state index contributed by atoms with van der Waals surface area (Å²) >= 11 is 0. The molecule has 0 saturated heterocycles. The third kappa shape index (κ3) is 3.37. The van der Waals surface area contributed by atoms with E-state index in [1.54, 1.807) is 0 Å². The molecule has 7 aromatic rings. The Kier molecular flexibility index (Phi) is 5.02. The summed E-state index contributed by atoms with van der Waals surface area (Å²) in [5.74, 6) is 0. The van der Waals surface area contributed by atoms with Crippen LogP contribution in [0.3, 0.4) is 0 Å². The van der Waals surface area contributed by atoms with E-state index in [1.807, 2.05) is 30.3 Å². The Bertz CT molecular complexity index is 2070. The van der Waals surface area contributed by atoms with Crippen molar-refractivity contribution in [3.05, 3.63) is 139 Å². The lowest BCUT2D eigenvalue weighted by Crippen LogP contribution is -2.13. The second kappa shape index (κ2) is 8.86. The van der Waals surface area contributed by atoms with E-state index in [9.17, 15) is 5.26 Å². The molecule has 0 spiro atoms. The summed E-state index contributed by atoms with van der Waals surface area (Å²) in [6.07, 6.45) is 1.07. The van der Waals surface area contributed by atoms with Crippen LogP contribution in [-0.2, 0) is 6.42 Å². The summed E-state index contributed by atoms with van der Waals surface area (Å²) in [6.45, 7) is 0.995. The number of nitriles is 1. The van der Waals surface area contributed by atoms with Crippen LogP contribution in [0.4, 0.5) is 28.4 Å². The van der Waals surface area contributed by atoms with Gasteiger partial charge in [0.1, 0.15) is 0 Å². The number of rotatable bonds is 4. The smallest absolute Gasteiger partial charge is 0.0991 e. The maximum Gasteiger partial charge on any atom is 0.0991 e. The molecule has 3 nitrogen and oxygen atoms in total. The van der Waals surface area contributed by atoms with Crippen LogP contribution in [0, 0.1) is 11.3 Å². The lowest BCUT2D eigenvalue weighted by atomic mass is 9.92. The standard InChI is InChI=1S/C37H25N3/c38-24-25-10-16-30(17-11-25)40(29-7-2-1-3-8-29)35-21-15-28-12-18-31-34(39-23-22-26-6-4-5-9-33(26)39)20-14-27-13-19-32(35)37(28)36(27)31/h1-21H,22-23H2. The number of nitrogens with zero attached hydrogens (tertiary/aromatic N) is 3. The number of benzene rings is 7. The van der Waals surface area contributed by atoms with Crippen LogP contribution in [0.5, 0.6) is 0 Å². The van der Waals surface area contributed by atoms with E-state index in [0.717, 1.165) is 30.0 Å². The molecule has 0 N–H and O–H groups in total. The molecule has 40 heavy (non-hydrogen) atoms. The first-order chi connectivity index (χ1) is 19.8. The van der Waals surface area contributed by atoms with Crippen molar-refractivity contribution in [2.45, 2.75) is 6.42 Å². The van der Waals surface area contributed by atoms with Crippen molar-refractivity contribution in [3.8, 4) is 6.07 Å². The van der Waals surface area contributed by atoms with Crippen LogP contribution < -0.4 is 9.80 Å². The molecule has 3 heteroatoms. The molecule has 8 rings (SSSR count). The molecule has 0 amide bonds. The lowest BCUT2D eigenvalue weighted by Gasteiger charge is -2.28. The zero-order valence-corrected chi connectivity index (χ0v) is 21.9. The number of hydrogen-bond donors (Lipinski definition) is 0. The molecular formula is C37H25N3. The van der Waals surface area contributed by atoms with Gasteiger partial charge in [0.15, 0.2) is 0 Å². The number of para-hydroxylation sites is 2. The van der Waals surface area contributed by atoms with Gasteiger partial charge in [0, 0.05) is 40.1 Å². The van der Waals surface area contributed by atoms with Crippen molar-refractivity contribution in [1.29, 1.82) is 5.26 Å². The molecule has 1 heterocycles. The van der Waals surface area contributed by atoms with Gasteiger partial charge in [-0.25, -0.2) is 0 Å². The molecule has 0 aliphatic carbocycles. The summed E-state index contributed by atoms with van der Waals surface area (Å²) in [7, 11) is 0. The van der Waals surface area contributed by atoms with Gasteiger partial charge in [0.05, 0.1) is 17.3 Å². The second-order valence-corrected chi connectivity index (χ2v) is 10.5. The Morgan fingerprint density at radius 3 is 2.02 bits per heavy atom. The van der Waals surface area contributed by atoms with E-state index in [0.29, 0.717) is 5.56 Å². The minimum absolute atomic E-state index is 0.656. The van der Waals surface area contributed by atoms with Gasteiger partial charge in [-0.2, -0.15) is 5.26 Å². The molecule has 1 aliphatic rings. The van der Waals surface area contributed by atoms with Crippen LogP contribution in [0.2, 0.25) is 0 Å². The summed E-state index contributed by atoms with van der Waals surface area (Å²) < 4.78 is 0. The fourth-order valence-corrected chi connectivity index (χ4v) is 6.48. The summed E-state index contributed by atoms with van der Waals surface area (Å²) in [4.78, 5) is 4.78. The predicted octanol–water partition coefficient (Wildman–Crippen LogP) is 9.62. The Labute approximate surface area is 233 Å². The van der Waals surface area contributed by atoms with E-state index in [-0.39, 0.29) is 0 Å². The molecule has 1 aliphatic heterocycles. The van der Waals surface area contributed by atoms with Gasteiger partial charge in [0.25, 0.3) is 0 Å². The fraction of sp³-hybridized carbons (Fsp3) is 0.0541. The van der Waals surface area contributed by atoms with E-state index >= 15 is 0 Å². The molecule has 0 saturated carbocycles. The van der Waals surface area contributed by atoms with Crippen LogP contribution >= 0.6 is 0 Å². The van der Waals surface area contributed by atoms with Gasteiger partial charge in [-0.1, -0.05) is 72.8 Å². The highest BCUT2D eigenvalue weighted by atomic mass is 15.2. The van der Waals surface area contributed by atoms with Gasteiger partial charge in [-0.3, -0.25) is 0 Å². The summed E-state index contributed by atoms with van der Waals surface area (Å²) in [6, 6.07) is 47.5. The fourth-order valence-electron chi connectivity index (χ4n) is 6.48. The van der Waals surface area contributed by atoms with Crippen molar-refractivity contribution < 1.29 is 0 Å². The average Bonchev–Trinajstić information content (AvgIpc) is 3.45. The van der Waals surface area contributed by atoms with Gasteiger partial charge < -0.3 is 9.80 Å². The summed E-state index contributed by atoms with van der Waals surface area (Å²) in [5, 5.41) is 17.0. The highest BCUT2D eigenvalue weighted by Crippen LogP contribution is 2.46. The molecular weight excluding hydrogens is 486 g/mol. The molecule has 0 fully saturated rings. The molecule has 188 valence electrons. The molecule has 0 unspecified atom stereocenters. The van der Waals surface area contributed by atoms with Crippen LogP contribution in [0.25, 0.3) is 32.3 Å². The van der Waals surface area contributed by atoms with Gasteiger partial charge >= 0.3 is 0 Å². The van der Waals surface area contributed by atoms with E-state index in [2.05, 4.69) is 113 Å². The van der Waals surface area contributed by atoms with Gasteiger partial charge in [-0.05, 0) is 88.1 Å². The molecule has 0 aromatic heterocycles. The maximum absolute atomic E-state index is 9.39. The quantitative estimate of drug-likeness (QED) is 0.220. The van der Waals surface area contributed by atoms with Gasteiger partial charge in [-0.15, -0.1) is 0 Å². The first-order valence-corrected chi connectivity index (χ1v) is 13.7. The minimum Gasteiger partial charge on any atom is -0.340 e. The van der Waals surface area contributed by atoms with Crippen LogP contribution in [0.1, 0.15) is 11.1 Å². The SMILES string of the molecule is N#Cc1ccc(N(c2ccccc2)c2ccc3ccc4c(N5CCc6ccccc65)ccc5ccc2c3c54)cc1. The highest BCUT2D eigenvalue weighted by molar-refractivity contribution is 6.28. The molecule has 0 atom stereocenters. The third-order valence-corrected chi connectivity index (χ3v) is 8.31. The molecule has 0 radical (unpaired) electrons. The van der Waals surface area contributed by atoms with Crippen molar-refractivity contribution in [3.63, 3.8) is 0 Å². The van der Waals surface area contributed by atoms with Crippen molar-refractivity contribution in [2.75, 3.05) is 16.3 Å². The second-order valence-electron chi connectivity index (χ2n) is 10.5. The molecule has 7 aromatic carbocycles. The normalized spacial score (nSPS) is 12.7. The largest absolute Gasteiger partial charge is 0.340 e. The van der Waals surface area contributed by atoms with Crippen molar-refractivity contribution in [2.24, 2.45) is 0 Å². The van der Waals surface area contributed by atoms with Crippen molar-refractivity contribution >= 4 is 60.8 Å². The van der Waals surface area contributed by atoms with Gasteiger partial charge in [0.2, 0.25) is 0 Å². The Morgan fingerprint density at radius 2 is 1.23 bits per heavy atom. The topological polar surface area (TPSA) is 30.3 Å². The molecule has 0 bridgehead atoms.